The lowest BCUT2D eigenvalue weighted by Gasteiger charge is -2.12. The molecule has 0 radical (unpaired) electrons. The highest BCUT2D eigenvalue weighted by Gasteiger charge is 2.32. The number of carbonyl (C=O) groups is 2. The van der Waals surface area contributed by atoms with Crippen molar-refractivity contribution in [3.05, 3.63) is 88.2 Å². The molecule has 0 saturated carbocycles. The Balaban J connectivity index is 1.57. The molecular formula is C22H19ClN2O2. The summed E-state index contributed by atoms with van der Waals surface area (Å²) in [6.07, 6.45) is 0.667. The van der Waals surface area contributed by atoms with Gasteiger partial charge in [0.05, 0.1) is 22.3 Å². The maximum atomic E-state index is 12.8. The smallest absolute Gasteiger partial charge is 0.233 e. The van der Waals surface area contributed by atoms with Crippen LogP contribution in [0.1, 0.15) is 39.6 Å². The van der Waals surface area contributed by atoms with E-state index in [1.165, 1.54) is 0 Å². The zero-order chi connectivity index (χ0) is 19.0. The predicted octanol–water partition coefficient (Wildman–Crippen LogP) is 4.81. The highest BCUT2D eigenvalue weighted by atomic mass is 35.5. The molecule has 4 rings (SSSR count). The summed E-state index contributed by atoms with van der Waals surface area (Å²) in [4.78, 5) is 25.6. The van der Waals surface area contributed by atoms with Crippen molar-refractivity contribution in [3.63, 3.8) is 0 Å². The van der Waals surface area contributed by atoms with E-state index >= 15 is 0 Å². The van der Waals surface area contributed by atoms with Crippen molar-refractivity contribution >= 4 is 29.0 Å². The average molecular weight is 379 g/mol. The van der Waals surface area contributed by atoms with Crippen LogP contribution in [0.25, 0.3) is 0 Å². The fraction of sp³-hybridized carbons (Fsp3) is 0.182. The van der Waals surface area contributed by atoms with Gasteiger partial charge in [-0.2, -0.15) is 0 Å². The van der Waals surface area contributed by atoms with Crippen LogP contribution in [-0.4, -0.2) is 16.3 Å². The van der Waals surface area contributed by atoms with Crippen molar-refractivity contribution in [2.75, 3.05) is 5.32 Å². The summed E-state index contributed by atoms with van der Waals surface area (Å²) in [6, 6.07) is 18.4. The Hall–Kier alpha value is -2.85. The van der Waals surface area contributed by atoms with Gasteiger partial charge in [-0.05, 0) is 43.2 Å². The molecule has 1 N–H and O–H groups in total. The van der Waals surface area contributed by atoms with Gasteiger partial charge in [-0.1, -0.05) is 48.0 Å². The van der Waals surface area contributed by atoms with Crippen molar-refractivity contribution in [1.82, 2.24) is 4.57 Å². The standard InChI is InChI=1S/C22H19ClN2O2/c1-14-7-8-18(17(23)13-14)24-22(27)16-11-12-25-19(16)9-10-20(25)21(26)15-5-3-2-4-6-15/h2-10,13,16H,11-12H2,1H3,(H,24,27). The molecule has 4 nitrogen and oxygen atoms in total. The van der Waals surface area contributed by atoms with E-state index in [2.05, 4.69) is 5.32 Å². The van der Waals surface area contributed by atoms with Gasteiger partial charge in [-0.3, -0.25) is 9.59 Å². The molecule has 0 spiro atoms. The maximum Gasteiger partial charge on any atom is 0.233 e. The first kappa shape index (κ1) is 17.6. The Labute approximate surface area is 162 Å². The van der Waals surface area contributed by atoms with E-state index in [4.69, 9.17) is 11.6 Å². The van der Waals surface area contributed by atoms with Crippen LogP contribution in [0.2, 0.25) is 5.02 Å². The molecule has 1 unspecified atom stereocenters. The Morgan fingerprint density at radius 3 is 2.59 bits per heavy atom. The number of benzene rings is 2. The van der Waals surface area contributed by atoms with E-state index in [-0.39, 0.29) is 17.6 Å². The zero-order valence-electron chi connectivity index (χ0n) is 14.9. The minimum Gasteiger partial charge on any atom is -0.341 e. The molecule has 1 amide bonds. The van der Waals surface area contributed by atoms with E-state index in [1.807, 2.05) is 60.0 Å². The summed E-state index contributed by atoms with van der Waals surface area (Å²) in [5, 5.41) is 3.45. The van der Waals surface area contributed by atoms with Crippen LogP contribution in [0.4, 0.5) is 5.69 Å². The fourth-order valence-electron chi connectivity index (χ4n) is 3.59. The number of aryl methyl sites for hydroxylation is 1. The fourth-order valence-corrected chi connectivity index (χ4v) is 3.87. The van der Waals surface area contributed by atoms with Crippen LogP contribution in [-0.2, 0) is 11.3 Å². The van der Waals surface area contributed by atoms with Crippen LogP contribution >= 0.6 is 11.6 Å². The van der Waals surface area contributed by atoms with Gasteiger partial charge in [0.2, 0.25) is 11.7 Å². The van der Waals surface area contributed by atoms with E-state index in [0.29, 0.717) is 34.9 Å². The summed E-state index contributed by atoms with van der Waals surface area (Å²) in [7, 11) is 0. The zero-order valence-corrected chi connectivity index (χ0v) is 15.7. The predicted molar refractivity (Wildman–Crippen MR) is 106 cm³/mol. The summed E-state index contributed by atoms with van der Waals surface area (Å²) in [6.45, 7) is 2.60. The third-order valence-electron chi connectivity index (χ3n) is 4.98. The Morgan fingerprint density at radius 1 is 1.07 bits per heavy atom. The number of ketones is 1. The molecule has 1 atom stereocenters. The van der Waals surface area contributed by atoms with Crippen molar-refractivity contribution in [1.29, 1.82) is 0 Å². The summed E-state index contributed by atoms with van der Waals surface area (Å²) in [5.41, 5.74) is 3.79. The first-order chi connectivity index (χ1) is 13.0. The molecule has 1 aromatic heterocycles. The van der Waals surface area contributed by atoms with Gasteiger partial charge in [0.1, 0.15) is 0 Å². The van der Waals surface area contributed by atoms with Gasteiger partial charge < -0.3 is 9.88 Å². The topological polar surface area (TPSA) is 51.1 Å². The van der Waals surface area contributed by atoms with Crippen molar-refractivity contribution in [2.45, 2.75) is 25.8 Å². The molecule has 0 bridgehead atoms. The number of aromatic nitrogens is 1. The lowest BCUT2D eigenvalue weighted by Crippen LogP contribution is -2.19. The number of anilines is 1. The molecule has 5 heteroatoms. The van der Waals surface area contributed by atoms with Crippen LogP contribution < -0.4 is 5.32 Å². The van der Waals surface area contributed by atoms with Crippen LogP contribution in [0.15, 0.2) is 60.7 Å². The van der Waals surface area contributed by atoms with Crippen molar-refractivity contribution in [2.24, 2.45) is 0 Å². The monoisotopic (exact) mass is 378 g/mol. The highest BCUT2D eigenvalue weighted by molar-refractivity contribution is 6.33. The molecule has 1 aliphatic rings. The summed E-state index contributed by atoms with van der Waals surface area (Å²) in [5.74, 6) is -0.416. The number of halogens is 1. The molecule has 3 aromatic rings. The van der Waals surface area contributed by atoms with Gasteiger partial charge in [-0.15, -0.1) is 0 Å². The van der Waals surface area contributed by atoms with Crippen LogP contribution in [0.5, 0.6) is 0 Å². The molecule has 1 aliphatic heterocycles. The second-order valence-electron chi connectivity index (χ2n) is 6.80. The maximum absolute atomic E-state index is 12.8. The highest BCUT2D eigenvalue weighted by Crippen LogP contribution is 2.33. The Bertz CT molecular complexity index is 1020. The largest absolute Gasteiger partial charge is 0.341 e. The molecule has 136 valence electrons. The van der Waals surface area contributed by atoms with Gasteiger partial charge in [0.25, 0.3) is 0 Å². The number of hydrogen-bond acceptors (Lipinski definition) is 2. The Morgan fingerprint density at radius 2 is 1.85 bits per heavy atom. The first-order valence-electron chi connectivity index (χ1n) is 8.91. The number of hydrogen-bond donors (Lipinski definition) is 1. The molecule has 0 fully saturated rings. The normalized spacial score (nSPS) is 15.4. The molecule has 0 aliphatic carbocycles. The second kappa shape index (κ2) is 7.05. The van der Waals surface area contributed by atoms with Gasteiger partial charge in [0.15, 0.2) is 0 Å². The third kappa shape index (κ3) is 3.28. The van der Waals surface area contributed by atoms with Gasteiger partial charge in [0, 0.05) is 17.8 Å². The Kier molecular flexibility index (Phi) is 4.58. The van der Waals surface area contributed by atoms with Gasteiger partial charge >= 0.3 is 0 Å². The quantitative estimate of drug-likeness (QED) is 0.662. The number of carbonyl (C=O) groups excluding carboxylic acids is 2. The summed E-state index contributed by atoms with van der Waals surface area (Å²) < 4.78 is 1.95. The van der Waals surface area contributed by atoms with E-state index < -0.39 is 0 Å². The van der Waals surface area contributed by atoms with Crippen LogP contribution in [0.3, 0.4) is 0 Å². The second-order valence-corrected chi connectivity index (χ2v) is 7.21. The first-order valence-corrected chi connectivity index (χ1v) is 9.28. The van der Waals surface area contributed by atoms with Crippen LogP contribution in [0, 0.1) is 6.92 Å². The molecule has 0 saturated heterocycles. The number of nitrogens with zero attached hydrogens (tertiary/aromatic N) is 1. The lowest BCUT2D eigenvalue weighted by molar-refractivity contribution is -0.117. The number of rotatable bonds is 4. The van der Waals surface area contributed by atoms with E-state index in [9.17, 15) is 9.59 Å². The molecule has 2 aromatic carbocycles. The van der Waals surface area contributed by atoms with Crippen molar-refractivity contribution < 1.29 is 9.59 Å². The third-order valence-corrected chi connectivity index (χ3v) is 5.29. The molecule has 27 heavy (non-hydrogen) atoms. The minimum atomic E-state index is -0.292. The number of fused-ring (bicyclic) bond motifs is 1. The van der Waals surface area contributed by atoms with Gasteiger partial charge in [-0.25, -0.2) is 0 Å². The van der Waals surface area contributed by atoms with Crippen molar-refractivity contribution in [3.8, 4) is 0 Å². The van der Waals surface area contributed by atoms with E-state index in [1.54, 1.807) is 12.1 Å². The summed E-state index contributed by atoms with van der Waals surface area (Å²) >= 11 is 6.23. The average Bonchev–Trinajstić information content (AvgIpc) is 3.26. The van der Waals surface area contributed by atoms with E-state index in [0.717, 1.165) is 11.3 Å². The minimum absolute atomic E-state index is 0.0236. The number of amides is 1. The lowest BCUT2D eigenvalue weighted by atomic mass is 10.0. The number of nitrogens with one attached hydrogen (secondary N) is 1. The SMILES string of the molecule is Cc1ccc(NC(=O)C2CCn3c(C(=O)c4ccccc4)ccc32)c(Cl)c1. The molecule has 2 heterocycles. The molecular weight excluding hydrogens is 360 g/mol.